The standard InChI is InChI=1S/C13H15BrN2O4/c14-9-3-5-10(6-4-9)15-12(17)20-11-2-1-7-16(8-11)13(18)19/h3-6,11H,1-2,7-8H2,(H,15,17)(H,18,19). The van der Waals surface area contributed by atoms with Gasteiger partial charge in [0.25, 0.3) is 0 Å². The summed E-state index contributed by atoms with van der Waals surface area (Å²) in [6.45, 7) is 0.715. The van der Waals surface area contributed by atoms with Crippen LogP contribution in [0.15, 0.2) is 28.7 Å². The summed E-state index contributed by atoms with van der Waals surface area (Å²) >= 11 is 3.31. The van der Waals surface area contributed by atoms with E-state index in [1.807, 2.05) is 12.1 Å². The fraction of sp³-hybridized carbons (Fsp3) is 0.385. The first-order valence-electron chi connectivity index (χ1n) is 6.25. The van der Waals surface area contributed by atoms with Gasteiger partial charge in [-0.05, 0) is 37.1 Å². The minimum Gasteiger partial charge on any atom is -0.465 e. The van der Waals surface area contributed by atoms with Crippen molar-refractivity contribution >= 4 is 33.8 Å². The van der Waals surface area contributed by atoms with Crippen LogP contribution >= 0.6 is 15.9 Å². The topological polar surface area (TPSA) is 78.9 Å². The lowest BCUT2D eigenvalue weighted by Gasteiger charge is -2.30. The molecule has 0 aromatic heterocycles. The largest absolute Gasteiger partial charge is 0.465 e. The molecular weight excluding hydrogens is 328 g/mol. The molecule has 20 heavy (non-hydrogen) atoms. The van der Waals surface area contributed by atoms with E-state index in [4.69, 9.17) is 9.84 Å². The average molecular weight is 343 g/mol. The van der Waals surface area contributed by atoms with Crippen LogP contribution in [0.4, 0.5) is 15.3 Å². The Hall–Kier alpha value is -1.76. The molecule has 0 aliphatic carbocycles. The van der Waals surface area contributed by atoms with Gasteiger partial charge in [0.15, 0.2) is 0 Å². The van der Waals surface area contributed by atoms with Crippen molar-refractivity contribution in [1.29, 1.82) is 0 Å². The zero-order chi connectivity index (χ0) is 14.5. The molecule has 1 aromatic carbocycles. The maximum absolute atomic E-state index is 11.7. The quantitative estimate of drug-likeness (QED) is 0.865. The third-order valence-electron chi connectivity index (χ3n) is 3.01. The van der Waals surface area contributed by atoms with Crippen molar-refractivity contribution in [2.75, 3.05) is 18.4 Å². The van der Waals surface area contributed by atoms with Crippen molar-refractivity contribution in [3.05, 3.63) is 28.7 Å². The Morgan fingerprint density at radius 1 is 1.35 bits per heavy atom. The molecule has 0 saturated carbocycles. The van der Waals surface area contributed by atoms with Crippen LogP contribution in [0.25, 0.3) is 0 Å². The summed E-state index contributed by atoms with van der Waals surface area (Å²) in [6, 6.07) is 7.11. The summed E-state index contributed by atoms with van der Waals surface area (Å²) < 4.78 is 6.16. The molecule has 1 aliphatic heterocycles. The number of amides is 2. The highest BCUT2D eigenvalue weighted by Crippen LogP contribution is 2.16. The van der Waals surface area contributed by atoms with Crippen molar-refractivity contribution in [3.8, 4) is 0 Å². The number of benzene rings is 1. The van der Waals surface area contributed by atoms with Gasteiger partial charge in [-0.2, -0.15) is 0 Å². The van der Waals surface area contributed by atoms with Gasteiger partial charge in [0.1, 0.15) is 6.10 Å². The van der Waals surface area contributed by atoms with Crippen molar-refractivity contribution < 1.29 is 19.4 Å². The monoisotopic (exact) mass is 342 g/mol. The SMILES string of the molecule is O=C(Nc1ccc(Br)cc1)OC1CCCN(C(=O)O)C1. The van der Waals surface area contributed by atoms with Crippen LogP contribution in [0, 0.1) is 0 Å². The maximum Gasteiger partial charge on any atom is 0.411 e. The fourth-order valence-corrected chi connectivity index (χ4v) is 2.30. The molecular formula is C13H15BrN2O4. The van der Waals surface area contributed by atoms with Crippen molar-refractivity contribution in [2.45, 2.75) is 18.9 Å². The Labute approximate surface area is 124 Å². The zero-order valence-electron chi connectivity index (χ0n) is 10.7. The van der Waals surface area contributed by atoms with E-state index in [1.165, 1.54) is 4.90 Å². The van der Waals surface area contributed by atoms with Gasteiger partial charge in [-0.1, -0.05) is 15.9 Å². The van der Waals surface area contributed by atoms with Gasteiger partial charge in [-0.3, -0.25) is 5.32 Å². The third kappa shape index (κ3) is 4.12. The Morgan fingerprint density at radius 3 is 2.70 bits per heavy atom. The number of rotatable bonds is 2. The first-order valence-corrected chi connectivity index (χ1v) is 7.05. The minimum atomic E-state index is -0.980. The van der Waals surface area contributed by atoms with E-state index in [1.54, 1.807) is 12.1 Å². The molecule has 6 nitrogen and oxygen atoms in total. The number of piperidine rings is 1. The molecule has 0 radical (unpaired) electrons. The van der Waals surface area contributed by atoms with Gasteiger partial charge in [0.2, 0.25) is 0 Å². The maximum atomic E-state index is 11.7. The Bertz CT molecular complexity index is 492. The number of likely N-dealkylation sites (tertiary alicyclic amines) is 1. The Morgan fingerprint density at radius 2 is 2.05 bits per heavy atom. The molecule has 2 N–H and O–H groups in total. The first-order chi connectivity index (χ1) is 9.54. The number of anilines is 1. The predicted octanol–water partition coefficient (Wildman–Crippen LogP) is 3.14. The van der Waals surface area contributed by atoms with Gasteiger partial charge >= 0.3 is 12.2 Å². The van der Waals surface area contributed by atoms with Gasteiger partial charge in [-0.25, -0.2) is 9.59 Å². The second kappa shape index (κ2) is 6.60. The van der Waals surface area contributed by atoms with Crippen LogP contribution in [0.3, 0.4) is 0 Å². The average Bonchev–Trinajstić information content (AvgIpc) is 2.41. The molecule has 0 bridgehead atoms. The Balaban J connectivity index is 1.85. The van der Waals surface area contributed by atoms with E-state index in [0.717, 1.165) is 4.47 Å². The van der Waals surface area contributed by atoms with Crippen LogP contribution in [0.1, 0.15) is 12.8 Å². The fourth-order valence-electron chi connectivity index (χ4n) is 2.04. The smallest absolute Gasteiger partial charge is 0.411 e. The van der Waals surface area contributed by atoms with E-state index < -0.39 is 18.3 Å². The lowest BCUT2D eigenvalue weighted by atomic mass is 10.1. The van der Waals surface area contributed by atoms with Gasteiger partial charge in [0, 0.05) is 16.7 Å². The van der Waals surface area contributed by atoms with Crippen LogP contribution in [-0.4, -0.2) is 41.4 Å². The highest BCUT2D eigenvalue weighted by atomic mass is 79.9. The van der Waals surface area contributed by atoms with Crippen LogP contribution < -0.4 is 5.32 Å². The summed E-state index contributed by atoms with van der Waals surface area (Å²) in [5, 5.41) is 11.5. The Kier molecular flexibility index (Phi) is 4.84. The molecule has 1 fully saturated rings. The summed E-state index contributed by atoms with van der Waals surface area (Å²) in [5.74, 6) is 0. The number of nitrogens with zero attached hydrogens (tertiary/aromatic N) is 1. The van der Waals surface area contributed by atoms with E-state index in [-0.39, 0.29) is 6.54 Å². The van der Waals surface area contributed by atoms with E-state index in [0.29, 0.717) is 25.1 Å². The summed E-state index contributed by atoms with van der Waals surface area (Å²) in [4.78, 5) is 23.9. The molecule has 2 amide bonds. The molecule has 7 heteroatoms. The predicted molar refractivity (Wildman–Crippen MR) is 76.9 cm³/mol. The van der Waals surface area contributed by atoms with Gasteiger partial charge in [-0.15, -0.1) is 0 Å². The van der Waals surface area contributed by atoms with Crippen LogP contribution in [0.2, 0.25) is 0 Å². The molecule has 1 heterocycles. The summed E-state index contributed by atoms with van der Waals surface area (Å²) in [5.41, 5.74) is 0.629. The van der Waals surface area contributed by atoms with E-state index in [2.05, 4.69) is 21.2 Å². The van der Waals surface area contributed by atoms with Crippen LogP contribution in [0.5, 0.6) is 0 Å². The molecule has 1 aliphatic rings. The second-order valence-corrected chi connectivity index (χ2v) is 5.45. The molecule has 0 spiro atoms. The van der Waals surface area contributed by atoms with Crippen LogP contribution in [-0.2, 0) is 4.74 Å². The number of hydrogen-bond acceptors (Lipinski definition) is 3. The third-order valence-corrected chi connectivity index (χ3v) is 3.54. The van der Waals surface area contributed by atoms with Crippen molar-refractivity contribution in [2.24, 2.45) is 0 Å². The highest BCUT2D eigenvalue weighted by Gasteiger charge is 2.25. The van der Waals surface area contributed by atoms with Crippen molar-refractivity contribution in [1.82, 2.24) is 4.90 Å². The lowest BCUT2D eigenvalue weighted by molar-refractivity contribution is 0.0491. The number of ether oxygens (including phenoxy) is 1. The minimum absolute atomic E-state index is 0.225. The summed E-state index contributed by atoms with van der Waals surface area (Å²) in [6.07, 6.45) is -0.563. The summed E-state index contributed by atoms with van der Waals surface area (Å²) in [7, 11) is 0. The number of halogens is 1. The van der Waals surface area contributed by atoms with E-state index in [9.17, 15) is 9.59 Å². The van der Waals surface area contributed by atoms with Gasteiger partial charge in [0.05, 0.1) is 6.54 Å². The first kappa shape index (κ1) is 14.6. The number of carbonyl (C=O) groups is 2. The highest BCUT2D eigenvalue weighted by molar-refractivity contribution is 9.10. The normalized spacial score (nSPS) is 18.4. The second-order valence-electron chi connectivity index (χ2n) is 4.53. The lowest BCUT2D eigenvalue weighted by Crippen LogP contribution is -2.43. The zero-order valence-corrected chi connectivity index (χ0v) is 12.3. The van der Waals surface area contributed by atoms with E-state index >= 15 is 0 Å². The number of carboxylic acid groups (broad SMARTS) is 1. The number of hydrogen-bond donors (Lipinski definition) is 2. The molecule has 1 atom stereocenters. The molecule has 108 valence electrons. The molecule has 2 rings (SSSR count). The van der Waals surface area contributed by atoms with Gasteiger partial charge < -0.3 is 14.7 Å². The molecule has 1 aromatic rings. The molecule has 1 unspecified atom stereocenters. The number of nitrogens with one attached hydrogen (secondary N) is 1. The number of carbonyl (C=O) groups excluding carboxylic acids is 1. The molecule has 1 saturated heterocycles. The van der Waals surface area contributed by atoms with Crippen molar-refractivity contribution in [3.63, 3.8) is 0 Å².